The first-order valence-corrected chi connectivity index (χ1v) is 37.1. The van der Waals surface area contributed by atoms with Gasteiger partial charge in [-0.05, 0) is 179 Å². The van der Waals surface area contributed by atoms with Crippen LogP contribution in [0.3, 0.4) is 0 Å². The van der Waals surface area contributed by atoms with Crippen molar-refractivity contribution in [3.63, 3.8) is 0 Å². The van der Waals surface area contributed by atoms with E-state index in [0.29, 0.717) is 11.5 Å². The Balaban J connectivity index is 0.738. The second-order valence-corrected chi connectivity index (χ2v) is 30.1. The molecule has 1 aliphatic rings. The van der Waals surface area contributed by atoms with Crippen LogP contribution >= 0.6 is 0 Å². The number of hydrogen-bond acceptors (Lipinski definition) is 3. The van der Waals surface area contributed by atoms with Crippen molar-refractivity contribution in [2.24, 2.45) is 0 Å². The quantitative estimate of drug-likeness (QED) is 0.0619. The van der Waals surface area contributed by atoms with E-state index in [4.69, 9.17) is 9.72 Å². The molecular formula is C96H65N5OSi. The molecule has 0 saturated carbocycles. The number of hydrogen-bond donors (Lipinski definition) is 0. The molecule has 0 aliphatic carbocycles. The fourth-order valence-corrected chi connectivity index (χ4v) is 21.0. The fourth-order valence-electron chi connectivity index (χ4n) is 15.9. The molecule has 3 aromatic heterocycles. The standard InChI is InChI=1S/C96H65N5OSi/c1-7-29-67(30-8-1)71-57-72(68-31-9-2-10-32-68)60-75(59-71)83-44-28-45-84(76-61-73(69-33-11-3-12-34-69)58-74(62-76)70-35-13-4-14-36-70)96(83)99-66-98(88-47-21-22-48-89(88)99)77-37-27-38-79(63-77)102-80-53-54-86-85-43-19-20-46-87(85)101(92(86)65-80)95-64-78(55-56-97-95)100-90-49-23-25-51-93(90)103(81-39-15-5-16-40-81,82-41-17-6-18-42-82)94-52-26-24-50-91(94)100/h1-65H. The normalized spacial score (nSPS) is 12.3. The Kier molecular flexibility index (Phi) is 15.1. The summed E-state index contributed by atoms with van der Waals surface area (Å²) in [6.07, 6.45) is 5.96. The van der Waals surface area contributed by atoms with Gasteiger partial charge in [0.15, 0.2) is 8.07 Å². The van der Waals surface area contributed by atoms with Crippen molar-refractivity contribution in [3.05, 3.63) is 401 Å². The van der Waals surface area contributed by atoms with Crippen molar-refractivity contribution in [1.82, 2.24) is 14.1 Å². The Hall–Kier alpha value is -13.5. The Morgan fingerprint density at radius 1 is 0.311 bits per heavy atom. The molecule has 15 aromatic carbocycles. The lowest BCUT2D eigenvalue weighted by Crippen LogP contribution is -2.77. The second kappa shape index (κ2) is 25.7. The van der Waals surface area contributed by atoms with Crippen molar-refractivity contribution in [2.45, 2.75) is 0 Å². The van der Waals surface area contributed by atoms with Gasteiger partial charge < -0.3 is 9.64 Å². The lowest BCUT2D eigenvalue weighted by atomic mass is 9.89. The molecule has 0 N–H and O–H groups in total. The highest BCUT2D eigenvalue weighted by Gasteiger charge is 2.48. The van der Waals surface area contributed by atoms with E-state index in [1.54, 1.807) is 0 Å². The van der Waals surface area contributed by atoms with Gasteiger partial charge in [-0.15, -0.1) is 0 Å². The van der Waals surface area contributed by atoms with Gasteiger partial charge in [0.1, 0.15) is 17.3 Å². The number of para-hydroxylation sites is 6. The summed E-state index contributed by atoms with van der Waals surface area (Å²) in [7, 11) is -2.83. The van der Waals surface area contributed by atoms with Crippen LogP contribution in [-0.4, -0.2) is 22.2 Å². The Morgan fingerprint density at radius 3 is 1.31 bits per heavy atom. The summed E-state index contributed by atoms with van der Waals surface area (Å²) in [5.74, 6) is 2.18. The molecule has 0 fully saturated rings. The van der Waals surface area contributed by atoms with E-state index in [-0.39, 0.29) is 0 Å². The van der Waals surface area contributed by atoms with Crippen LogP contribution in [0.2, 0.25) is 0 Å². The highest BCUT2D eigenvalue weighted by atomic mass is 28.3. The topological polar surface area (TPSA) is 39.1 Å². The monoisotopic (exact) mass is 1330 g/mol. The maximum Gasteiger partial charge on any atom is 0.269 e. The summed E-state index contributed by atoms with van der Waals surface area (Å²) < 4.78 is 13.9. The molecule has 103 heavy (non-hydrogen) atoms. The van der Waals surface area contributed by atoms with E-state index in [1.165, 1.54) is 20.7 Å². The molecule has 0 saturated heterocycles. The molecule has 0 amide bonds. The molecule has 0 spiro atoms. The lowest BCUT2D eigenvalue weighted by Gasteiger charge is -2.45. The van der Waals surface area contributed by atoms with Gasteiger partial charge in [-0.25, -0.2) is 4.98 Å². The molecule has 0 radical (unpaired) electrons. The number of imidazole rings is 1. The fraction of sp³-hybridized carbons (Fsp3) is 0. The van der Waals surface area contributed by atoms with E-state index in [9.17, 15) is 0 Å². The van der Waals surface area contributed by atoms with Crippen LogP contribution in [0.25, 0.3) is 117 Å². The number of pyridine rings is 1. The van der Waals surface area contributed by atoms with E-state index in [2.05, 4.69) is 407 Å². The van der Waals surface area contributed by atoms with Crippen molar-refractivity contribution in [2.75, 3.05) is 4.90 Å². The number of benzene rings is 15. The lowest BCUT2D eigenvalue weighted by molar-refractivity contribution is -0.571. The number of ether oxygens (including phenoxy) is 1. The van der Waals surface area contributed by atoms with E-state index in [1.807, 2.05) is 12.3 Å². The summed E-state index contributed by atoms with van der Waals surface area (Å²) in [5.41, 5.74) is 22.7. The Labute approximate surface area is 599 Å². The minimum Gasteiger partial charge on any atom is -0.458 e. The zero-order valence-corrected chi connectivity index (χ0v) is 57.2. The predicted octanol–water partition coefficient (Wildman–Crippen LogP) is 21.2. The zero-order chi connectivity index (χ0) is 68.2. The summed E-state index contributed by atoms with van der Waals surface area (Å²) in [6.45, 7) is 0. The molecule has 6 nitrogen and oxygen atoms in total. The van der Waals surface area contributed by atoms with E-state index < -0.39 is 8.07 Å². The predicted molar refractivity (Wildman–Crippen MR) is 427 cm³/mol. The highest BCUT2D eigenvalue weighted by molar-refractivity contribution is 7.21. The largest absolute Gasteiger partial charge is 0.458 e. The molecule has 484 valence electrons. The van der Waals surface area contributed by atoms with E-state index in [0.717, 1.165) is 134 Å². The molecule has 7 heteroatoms. The minimum atomic E-state index is -2.83. The van der Waals surface area contributed by atoms with Crippen LogP contribution < -0.4 is 35.0 Å². The van der Waals surface area contributed by atoms with Crippen molar-refractivity contribution in [3.8, 4) is 95.5 Å². The molecule has 19 rings (SSSR count). The van der Waals surface area contributed by atoms with Crippen LogP contribution in [0.1, 0.15) is 0 Å². The second-order valence-electron chi connectivity index (χ2n) is 26.4. The zero-order valence-electron chi connectivity index (χ0n) is 56.2. The summed E-state index contributed by atoms with van der Waals surface area (Å²) in [5, 5.41) is 7.60. The average molecular weight is 1330 g/mol. The van der Waals surface area contributed by atoms with Crippen molar-refractivity contribution in [1.29, 1.82) is 0 Å². The van der Waals surface area contributed by atoms with Gasteiger partial charge >= 0.3 is 0 Å². The van der Waals surface area contributed by atoms with Gasteiger partial charge in [-0.2, -0.15) is 0 Å². The molecule has 1 aliphatic heterocycles. The first-order valence-electron chi connectivity index (χ1n) is 35.1. The molecule has 0 unspecified atom stereocenters. The van der Waals surface area contributed by atoms with Gasteiger partial charge in [0, 0.05) is 40.5 Å². The first-order chi connectivity index (χ1) is 51.1. The van der Waals surface area contributed by atoms with Crippen LogP contribution in [0, 0.1) is 6.33 Å². The minimum absolute atomic E-state index is 0.684. The Morgan fingerprint density at radius 2 is 0.757 bits per heavy atom. The molecule has 0 atom stereocenters. The average Bonchev–Trinajstić information content (AvgIpc) is 1.48. The molecular weight excluding hydrogens is 1270 g/mol. The van der Waals surface area contributed by atoms with Crippen LogP contribution in [0.5, 0.6) is 11.5 Å². The highest BCUT2D eigenvalue weighted by Crippen LogP contribution is 2.44. The van der Waals surface area contributed by atoms with Gasteiger partial charge in [0.2, 0.25) is 0 Å². The van der Waals surface area contributed by atoms with Crippen molar-refractivity contribution >= 4 is 78.7 Å². The first kappa shape index (κ1) is 60.7. The molecule has 18 aromatic rings. The van der Waals surface area contributed by atoms with Crippen LogP contribution in [0.4, 0.5) is 17.1 Å². The summed E-state index contributed by atoms with van der Waals surface area (Å²) in [6, 6.07) is 141. The van der Waals surface area contributed by atoms with Gasteiger partial charge in [0.25, 0.3) is 6.33 Å². The van der Waals surface area contributed by atoms with Gasteiger partial charge in [-0.1, -0.05) is 285 Å². The third-order valence-corrected chi connectivity index (χ3v) is 25.3. The molecule has 4 heterocycles. The number of fused-ring (bicyclic) bond motifs is 6. The SMILES string of the molecule is [c-]1n(-c2cccc(Oc3ccc4c5ccccc5n(-c5cc(N6c7ccccc7[Si](c7ccccc7)(c7ccccc7)c7ccccc76)ccn5)c4c3)c2)c2ccccc2[n+]1-c1c(-c2cc(-c3ccccc3)cc(-c3ccccc3)c2)cccc1-c1cc(-c2ccccc2)cc(-c2ccccc2)c1. The van der Waals surface area contributed by atoms with Crippen LogP contribution in [0.15, 0.2) is 394 Å². The smallest absolute Gasteiger partial charge is 0.269 e. The van der Waals surface area contributed by atoms with Gasteiger partial charge in [0.05, 0.1) is 39.1 Å². The maximum absolute atomic E-state index is 7.10. The third kappa shape index (κ3) is 10.6. The Bertz CT molecular complexity index is 5870. The van der Waals surface area contributed by atoms with Gasteiger partial charge in [-0.3, -0.25) is 13.7 Å². The third-order valence-electron chi connectivity index (χ3n) is 20.4. The number of nitrogens with zero attached hydrogens (tertiary/aromatic N) is 5. The summed E-state index contributed by atoms with van der Waals surface area (Å²) >= 11 is 0. The maximum atomic E-state index is 7.10. The number of aromatic nitrogens is 4. The summed E-state index contributed by atoms with van der Waals surface area (Å²) in [4.78, 5) is 7.68. The van der Waals surface area contributed by atoms with E-state index >= 15 is 0 Å². The number of rotatable bonds is 14. The molecule has 0 bridgehead atoms. The van der Waals surface area contributed by atoms with Crippen molar-refractivity contribution < 1.29 is 9.30 Å². The van der Waals surface area contributed by atoms with Crippen LogP contribution in [-0.2, 0) is 0 Å². The number of anilines is 3.